The SMILES string of the molecule is COc1ccc(C(=O)N2C(=O)C(=Cc3ccc(Cl)cc3Cl)SC2=S)cc1. The summed E-state index contributed by atoms with van der Waals surface area (Å²) >= 11 is 18.3. The van der Waals surface area contributed by atoms with Gasteiger partial charge in [0.25, 0.3) is 11.8 Å². The highest BCUT2D eigenvalue weighted by molar-refractivity contribution is 8.26. The van der Waals surface area contributed by atoms with Crippen LogP contribution in [0, 0.1) is 0 Å². The van der Waals surface area contributed by atoms with Crippen molar-refractivity contribution in [2.24, 2.45) is 0 Å². The first-order valence-corrected chi connectivity index (χ1v) is 9.30. The lowest BCUT2D eigenvalue weighted by Crippen LogP contribution is -2.34. The lowest BCUT2D eigenvalue weighted by molar-refractivity contribution is -0.120. The number of thiocarbonyl (C=S) groups is 1. The predicted octanol–water partition coefficient (Wildman–Crippen LogP) is 5.04. The summed E-state index contributed by atoms with van der Waals surface area (Å²) in [6.45, 7) is 0. The van der Waals surface area contributed by atoms with Gasteiger partial charge in [0.05, 0.1) is 12.0 Å². The minimum Gasteiger partial charge on any atom is -0.497 e. The zero-order valence-electron chi connectivity index (χ0n) is 13.4. The van der Waals surface area contributed by atoms with Crippen LogP contribution in [-0.4, -0.2) is 28.1 Å². The second kappa shape index (κ2) is 7.80. The smallest absolute Gasteiger partial charge is 0.273 e. The molecule has 1 heterocycles. The van der Waals surface area contributed by atoms with E-state index in [0.717, 1.165) is 16.7 Å². The zero-order valence-corrected chi connectivity index (χ0v) is 16.5. The van der Waals surface area contributed by atoms with Gasteiger partial charge in [0, 0.05) is 15.6 Å². The van der Waals surface area contributed by atoms with Crippen molar-refractivity contribution in [3.8, 4) is 5.75 Å². The Bertz CT molecular complexity index is 942. The molecule has 0 atom stereocenters. The third-order valence-corrected chi connectivity index (χ3v) is 5.45. The van der Waals surface area contributed by atoms with Gasteiger partial charge in [-0.1, -0.05) is 53.2 Å². The van der Waals surface area contributed by atoms with Crippen LogP contribution in [0.2, 0.25) is 10.0 Å². The van der Waals surface area contributed by atoms with Gasteiger partial charge in [0.2, 0.25) is 0 Å². The van der Waals surface area contributed by atoms with Crippen LogP contribution in [0.4, 0.5) is 0 Å². The summed E-state index contributed by atoms with van der Waals surface area (Å²) in [4.78, 5) is 26.6. The van der Waals surface area contributed by atoms with Crippen molar-refractivity contribution in [2.75, 3.05) is 7.11 Å². The second-order valence-corrected chi connectivity index (χ2v) is 7.74. The third kappa shape index (κ3) is 3.78. The first-order chi connectivity index (χ1) is 12.4. The lowest BCUT2D eigenvalue weighted by Gasteiger charge is -2.12. The number of ether oxygens (including phenoxy) is 1. The molecule has 26 heavy (non-hydrogen) atoms. The maximum atomic E-state index is 12.7. The average Bonchev–Trinajstić information content (AvgIpc) is 2.90. The van der Waals surface area contributed by atoms with E-state index < -0.39 is 11.8 Å². The summed E-state index contributed by atoms with van der Waals surface area (Å²) in [6, 6.07) is 11.4. The number of rotatable bonds is 3. The van der Waals surface area contributed by atoms with Crippen molar-refractivity contribution < 1.29 is 14.3 Å². The van der Waals surface area contributed by atoms with Crippen LogP contribution in [0.5, 0.6) is 5.75 Å². The van der Waals surface area contributed by atoms with Gasteiger partial charge in [0.1, 0.15) is 5.75 Å². The number of methoxy groups -OCH3 is 1. The first kappa shape index (κ1) is 18.9. The van der Waals surface area contributed by atoms with E-state index in [1.807, 2.05) is 0 Å². The Morgan fingerprint density at radius 2 is 1.88 bits per heavy atom. The van der Waals surface area contributed by atoms with E-state index in [2.05, 4.69) is 0 Å². The molecule has 0 radical (unpaired) electrons. The monoisotopic (exact) mass is 423 g/mol. The fourth-order valence-electron chi connectivity index (χ4n) is 2.27. The maximum Gasteiger partial charge on any atom is 0.273 e. The van der Waals surface area contributed by atoms with Crippen molar-refractivity contribution in [3.05, 3.63) is 68.5 Å². The summed E-state index contributed by atoms with van der Waals surface area (Å²) < 4.78 is 5.24. The van der Waals surface area contributed by atoms with Crippen LogP contribution in [0.15, 0.2) is 47.4 Å². The van der Waals surface area contributed by atoms with Crippen LogP contribution in [0.3, 0.4) is 0 Å². The Hall–Kier alpha value is -1.86. The number of imide groups is 1. The summed E-state index contributed by atoms with van der Waals surface area (Å²) in [5, 5.41) is 0.902. The second-order valence-electron chi connectivity index (χ2n) is 5.22. The minimum atomic E-state index is -0.485. The van der Waals surface area contributed by atoms with E-state index in [1.165, 1.54) is 7.11 Å². The van der Waals surface area contributed by atoms with Gasteiger partial charge in [-0.15, -0.1) is 0 Å². The fraction of sp³-hybridized carbons (Fsp3) is 0.0556. The molecule has 3 rings (SSSR count). The summed E-state index contributed by atoms with van der Waals surface area (Å²) in [5.74, 6) is -0.350. The van der Waals surface area contributed by atoms with Crippen LogP contribution in [0.25, 0.3) is 6.08 Å². The highest BCUT2D eigenvalue weighted by Gasteiger charge is 2.37. The Kier molecular flexibility index (Phi) is 5.67. The van der Waals surface area contributed by atoms with Gasteiger partial charge in [-0.05, 0) is 48.0 Å². The van der Waals surface area contributed by atoms with Gasteiger partial charge < -0.3 is 4.74 Å². The van der Waals surface area contributed by atoms with Crippen LogP contribution >= 0.6 is 47.2 Å². The number of halogens is 2. The summed E-state index contributed by atoms with van der Waals surface area (Å²) in [7, 11) is 1.53. The van der Waals surface area contributed by atoms with Gasteiger partial charge in [-0.3, -0.25) is 9.59 Å². The lowest BCUT2D eigenvalue weighted by atomic mass is 10.2. The maximum absolute atomic E-state index is 12.7. The fourth-order valence-corrected chi connectivity index (χ4v) is 3.97. The topological polar surface area (TPSA) is 46.6 Å². The molecular formula is C18H11Cl2NO3S2. The van der Waals surface area contributed by atoms with E-state index in [1.54, 1.807) is 48.5 Å². The number of carbonyl (C=O) groups excluding carboxylic acids is 2. The number of carbonyl (C=O) groups is 2. The highest BCUT2D eigenvalue weighted by atomic mass is 35.5. The quantitative estimate of drug-likeness (QED) is 0.392. The third-order valence-electron chi connectivity index (χ3n) is 3.58. The molecule has 2 amide bonds. The number of hydrogen-bond acceptors (Lipinski definition) is 5. The molecule has 0 aromatic heterocycles. The molecule has 0 bridgehead atoms. The molecule has 1 aliphatic heterocycles. The molecule has 8 heteroatoms. The molecule has 2 aromatic rings. The summed E-state index contributed by atoms with van der Waals surface area (Å²) in [6.07, 6.45) is 1.60. The minimum absolute atomic E-state index is 0.173. The first-order valence-electron chi connectivity index (χ1n) is 7.32. The average molecular weight is 424 g/mol. The number of nitrogens with zero attached hydrogens (tertiary/aromatic N) is 1. The molecule has 1 fully saturated rings. The molecule has 0 N–H and O–H groups in total. The Morgan fingerprint density at radius 3 is 2.50 bits per heavy atom. The standard InChI is InChI=1S/C18H11Cl2NO3S2/c1-24-13-6-3-10(4-7-13)16(22)21-17(23)15(26-18(21)25)8-11-2-5-12(19)9-14(11)20/h2-9H,1H3. The van der Waals surface area contributed by atoms with Crippen molar-refractivity contribution >= 4 is 69.4 Å². The summed E-state index contributed by atoms with van der Waals surface area (Å²) in [5.41, 5.74) is 0.960. The molecule has 0 spiro atoms. The zero-order chi connectivity index (χ0) is 18.8. The Labute approximate surface area is 169 Å². The predicted molar refractivity (Wildman–Crippen MR) is 109 cm³/mol. The molecule has 1 aliphatic rings. The number of amides is 2. The molecule has 0 saturated carbocycles. The van der Waals surface area contributed by atoms with Crippen LogP contribution < -0.4 is 4.74 Å². The number of thioether (sulfide) groups is 1. The molecule has 0 aliphatic carbocycles. The highest BCUT2D eigenvalue weighted by Crippen LogP contribution is 2.35. The Balaban J connectivity index is 1.88. The number of benzene rings is 2. The van der Waals surface area contributed by atoms with Crippen molar-refractivity contribution in [2.45, 2.75) is 0 Å². The van der Waals surface area contributed by atoms with Crippen molar-refractivity contribution in [1.82, 2.24) is 4.90 Å². The van der Waals surface area contributed by atoms with Gasteiger partial charge in [-0.2, -0.15) is 0 Å². The van der Waals surface area contributed by atoms with Crippen molar-refractivity contribution in [1.29, 1.82) is 0 Å². The van der Waals surface area contributed by atoms with E-state index in [9.17, 15) is 9.59 Å². The molecule has 4 nitrogen and oxygen atoms in total. The molecule has 1 saturated heterocycles. The van der Waals surface area contributed by atoms with Crippen LogP contribution in [-0.2, 0) is 4.79 Å². The van der Waals surface area contributed by atoms with Gasteiger partial charge >= 0.3 is 0 Å². The van der Waals surface area contributed by atoms with E-state index in [4.69, 9.17) is 40.2 Å². The molecule has 0 unspecified atom stereocenters. The number of hydrogen-bond donors (Lipinski definition) is 0. The largest absolute Gasteiger partial charge is 0.497 e. The van der Waals surface area contributed by atoms with Gasteiger partial charge in [0.15, 0.2) is 4.32 Å². The normalized spacial score (nSPS) is 15.7. The molecule has 2 aromatic carbocycles. The Morgan fingerprint density at radius 1 is 1.19 bits per heavy atom. The molecule has 132 valence electrons. The van der Waals surface area contributed by atoms with Gasteiger partial charge in [-0.25, -0.2) is 4.90 Å². The van der Waals surface area contributed by atoms with Crippen LogP contribution in [0.1, 0.15) is 15.9 Å². The molecular weight excluding hydrogens is 413 g/mol. The van der Waals surface area contributed by atoms with E-state index >= 15 is 0 Å². The van der Waals surface area contributed by atoms with E-state index in [-0.39, 0.29) is 4.32 Å². The van der Waals surface area contributed by atoms with E-state index in [0.29, 0.717) is 31.8 Å². The van der Waals surface area contributed by atoms with Crippen molar-refractivity contribution in [3.63, 3.8) is 0 Å².